The van der Waals surface area contributed by atoms with Crippen LogP contribution in [0.25, 0.3) is 0 Å². The molecule has 0 fully saturated rings. The van der Waals surface area contributed by atoms with Crippen molar-refractivity contribution in [3.05, 3.63) is 35.6 Å². The fraction of sp³-hybridized carbons (Fsp3) is 0.100. The maximum absolute atomic E-state index is 11.5. The van der Waals surface area contributed by atoms with Gasteiger partial charge >= 0.3 is 6.03 Å². The number of amides is 2. The molecular weight excluding hydrogens is 224 g/mol. The largest absolute Gasteiger partial charge is 0.325 e. The third kappa shape index (κ3) is 2.77. The number of thiazole rings is 1. The molecule has 6 heteroatoms. The van der Waals surface area contributed by atoms with Crippen LogP contribution in [0.4, 0.5) is 15.6 Å². The molecule has 0 saturated carbocycles. The van der Waals surface area contributed by atoms with E-state index in [0.717, 1.165) is 4.88 Å². The molecule has 0 aromatic carbocycles. The third-order valence-electron chi connectivity index (χ3n) is 1.76. The van der Waals surface area contributed by atoms with Crippen LogP contribution in [0.3, 0.4) is 0 Å². The van der Waals surface area contributed by atoms with Gasteiger partial charge in [0.1, 0.15) is 0 Å². The molecule has 0 aliphatic rings. The van der Waals surface area contributed by atoms with Crippen LogP contribution in [0.5, 0.6) is 0 Å². The van der Waals surface area contributed by atoms with E-state index in [1.165, 1.54) is 11.3 Å². The second-order valence-electron chi connectivity index (χ2n) is 3.10. The fourth-order valence-corrected chi connectivity index (χ4v) is 1.77. The summed E-state index contributed by atoms with van der Waals surface area (Å²) in [4.78, 5) is 20.5. The van der Waals surface area contributed by atoms with Crippen LogP contribution >= 0.6 is 11.3 Å². The van der Waals surface area contributed by atoms with Crippen molar-refractivity contribution in [1.29, 1.82) is 0 Å². The van der Waals surface area contributed by atoms with E-state index in [4.69, 9.17) is 0 Å². The number of hydrogen-bond donors (Lipinski definition) is 2. The number of urea groups is 1. The number of nitrogens with zero attached hydrogens (tertiary/aromatic N) is 2. The molecule has 82 valence electrons. The molecule has 2 amide bonds. The Hall–Kier alpha value is -1.95. The summed E-state index contributed by atoms with van der Waals surface area (Å²) in [6.07, 6.45) is 4.93. The summed E-state index contributed by atoms with van der Waals surface area (Å²) in [5.41, 5.74) is 0.647. The second-order valence-corrected chi connectivity index (χ2v) is 4.33. The van der Waals surface area contributed by atoms with Crippen molar-refractivity contribution < 1.29 is 4.79 Å². The Balaban J connectivity index is 1.95. The number of anilines is 2. The van der Waals surface area contributed by atoms with Crippen molar-refractivity contribution in [2.24, 2.45) is 0 Å². The molecule has 2 heterocycles. The SMILES string of the molecule is Cc1cnc(NC(=O)Nc2cccnc2)s1. The minimum absolute atomic E-state index is 0.317. The van der Waals surface area contributed by atoms with Crippen LogP contribution in [-0.2, 0) is 0 Å². The van der Waals surface area contributed by atoms with E-state index in [0.29, 0.717) is 10.8 Å². The molecule has 2 rings (SSSR count). The highest BCUT2D eigenvalue weighted by molar-refractivity contribution is 7.15. The molecule has 0 unspecified atom stereocenters. The fourth-order valence-electron chi connectivity index (χ4n) is 1.11. The van der Waals surface area contributed by atoms with Gasteiger partial charge in [-0.3, -0.25) is 10.3 Å². The predicted molar refractivity (Wildman–Crippen MR) is 63.7 cm³/mol. The van der Waals surface area contributed by atoms with E-state index >= 15 is 0 Å². The maximum Gasteiger partial charge on any atom is 0.325 e. The normalized spacial score (nSPS) is 9.81. The van der Waals surface area contributed by atoms with Crippen LogP contribution < -0.4 is 10.6 Å². The summed E-state index contributed by atoms with van der Waals surface area (Å²) in [5, 5.41) is 5.88. The van der Waals surface area contributed by atoms with Gasteiger partial charge in [-0.25, -0.2) is 9.78 Å². The molecule has 0 saturated heterocycles. The number of rotatable bonds is 2. The zero-order valence-electron chi connectivity index (χ0n) is 8.60. The lowest BCUT2D eigenvalue weighted by Crippen LogP contribution is -2.19. The molecule has 2 aromatic heterocycles. The quantitative estimate of drug-likeness (QED) is 0.838. The summed E-state index contributed by atoms with van der Waals surface area (Å²) in [5.74, 6) is 0. The molecule has 0 bridgehead atoms. The molecule has 0 spiro atoms. The number of carbonyl (C=O) groups excluding carboxylic acids is 1. The molecule has 5 nitrogen and oxygen atoms in total. The minimum Gasteiger partial charge on any atom is -0.306 e. The van der Waals surface area contributed by atoms with E-state index in [2.05, 4.69) is 20.6 Å². The Morgan fingerprint density at radius 3 is 2.88 bits per heavy atom. The minimum atomic E-state index is -0.317. The number of carbonyl (C=O) groups is 1. The van der Waals surface area contributed by atoms with Gasteiger partial charge in [-0.05, 0) is 19.1 Å². The van der Waals surface area contributed by atoms with Crippen molar-refractivity contribution in [3.63, 3.8) is 0 Å². The standard InChI is InChI=1S/C10H10N4OS/c1-7-5-12-10(16-7)14-9(15)13-8-3-2-4-11-6-8/h2-6H,1H3,(H2,12,13,14,15). The summed E-state index contributed by atoms with van der Waals surface area (Å²) < 4.78 is 0. The van der Waals surface area contributed by atoms with Crippen molar-refractivity contribution in [2.45, 2.75) is 6.92 Å². The van der Waals surface area contributed by atoms with Gasteiger partial charge in [0.15, 0.2) is 5.13 Å². The van der Waals surface area contributed by atoms with Gasteiger partial charge < -0.3 is 5.32 Å². The summed E-state index contributed by atoms with van der Waals surface area (Å²) in [6.45, 7) is 1.93. The van der Waals surface area contributed by atoms with Gasteiger partial charge in [-0.2, -0.15) is 0 Å². The van der Waals surface area contributed by atoms with E-state index in [9.17, 15) is 4.79 Å². The van der Waals surface area contributed by atoms with Gasteiger partial charge in [-0.1, -0.05) is 0 Å². The first-order chi connectivity index (χ1) is 7.74. The second kappa shape index (κ2) is 4.71. The molecule has 2 N–H and O–H groups in total. The van der Waals surface area contributed by atoms with E-state index < -0.39 is 0 Å². The topological polar surface area (TPSA) is 66.9 Å². The molecule has 0 radical (unpaired) electrons. The molecule has 0 atom stereocenters. The Morgan fingerprint density at radius 1 is 1.38 bits per heavy atom. The van der Waals surface area contributed by atoms with Gasteiger partial charge in [0.2, 0.25) is 0 Å². The highest BCUT2D eigenvalue weighted by atomic mass is 32.1. The molecule has 16 heavy (non-hydrogen) atoms. The van der Waals surface area contributed by atoms with Crippen LogP contribution in [0.15, 0.2) is 30.7 Å². The Kier molecular flexibility index (Phi) is 3.11. The highest BCUT2D eigenvalue weighted by Crippen LogP contribution is 2.16. The van der Waals surface area contributed by atoms with Gasteiger partial charge in [0.05, 0.1) is 11.9 Å². The van der Waals surface area contributed by atoms with Crippen molar-refractivity contribution in [3.8, 4) is 0 Å². The maximum atomic E-state index is 11.5. The molecule has 2 aromatic rings. The Morgan fingerprint density at radius 2 is 2.25 bits per heavy atom. The smallest absolute Gasteiger partial charge is 0.306 e. The van der Waals surface area contributed by atoms with E-state index in [1.54, 1.807) is 30.7 Å². The van der Waals surface area contributed by atoms with E-state index in [-0.39, 0.29) is 6.03 Å². The average molecular weight is 234 g/mol. The Bertz CT molecular complexity index is 483. The monoisotopic (exact) mass is 234 g/mol. The van der Waals surface area contributed by atoms with Crippen LogP contribution in [-0.4, -0.2) is 16.0 Å². The summed E-state index contributed by atoms with van der Waals surface area (Å²) >= 11 is 1.43. The molecule has 0 aliphatic carbocycles. The first-order valence-corrected chi connectivity index (χ1v) is 5.46. The van der Waals surface area contributed by atoms with Crippen molar-refractivity contribution in [2.75, 3.05) is 10.6 Å². The first-order valence-electron chi connectivity index (χ1n) is 4.64. The third-order valence-corrected chi connectivity index (χ3v) is 2.59. The number of hydrogen-bond acceptors (Lipinski definition) is 4. The van der Waals surface area contributed by atoms with Gasteiger partial charge in [-0.15, -0.1) is 11.3 Å². The zero-order chi connectivity index (χ0) is 11.4. The highest BCUT2D eigenvalue weighted by Gasteiger charge is 2.04. The van der Waals surface area contributed by atoms with E-state index in [1.807, 2.05) is 6.92 Å². The Labute approximate surface area is 96.6 Å². The zero-order valence-corrected chi connectivity index (χ0v) is 9.41. The van der Waals surface area contributed by atoms with Crippen LogP contribution in [0, 0.1) is 6.92 Å². The first kappa shape index (κ1) is 10.6. The van der Waals surface area contributed by atoms with Gasteiger partial charge in [0, 0.05) is 17.3 Å². The molecule has 0 aliphatic heterocycles. The number of pyridine rings is 1. The van der Waals surface area contributed by atoms with Crippen LogP contribution in [0.1, 0.15) is 4.88 Å². The summed E-state index contributed by atoms with van der Waals surface area (Å²) in [6, 6.07) is 3.20. The average Bonchev–Trinajstić information content (AvgIpc) is 2.65. The number of aryl methyl sites for hydroxylation is 1. The summed E-state index contributed by atoms with van der Waals surface area (Å²) in [7, 11) is 0. The predicted octanol–water partition coefficient (Wildman–Crippen LogP) is 2.49. The number of aromatic nitrogens is 2. The number of nitrogens with one attached hydrogen (secondary N) is 2. The lowest BCUT2D eigenvalue weighted by Gasteiger charge is -2.03. The van der Waals surface area contributed by atoms with Crippen molar-refractivity contribution >= 4 is 28.2 Å². The van der Waals surface area contributed by atoms with Crippen LogP contribution in [0.2, 0.25) is 0 Å². The van der Waals surface area contributed by atoms with Crippen molar-refractivity contribution in [1.82, 2.24) is 9.97 Å². The lowest BCUT2D eigenvalue weighted by atomic mass is 10.4. The molecular formula is C10H10N4OS. The van der Waals surface area contributed by atoms with Gasteiger partial charge in [0.25, 0.3) is 0 Å². The lowest BCUT2D eigenvalue weighted by molar-refractivity contribution is 0.262.